The smallest absolute Gasteiger partial charge is 0.120 e. The summed E-state index contributed by atoms with van der Waals surface area (Å²) in [6.07, 6.45) is 0.645. The van der Waals surface area contributed by atoms with Crippen LogP contribution in [0.25, 0.3) is 0 Å². The van der Waals surface area contributed by atoms with Crippen LogP contribution in [-0.4, -0.2) is 10.7 Å². The molecule has 0 aromatic heterocycles. The van der Waals surface area contributed by atoms with Crippen molar-refractivity contribution in [1.82, 2.24) is 0 Å². The number of phenols is 1. The van der Waals surface area contributed by atoms with Crippen LogP contribution in [0.1, 0.15) is 45.7 Å². The predicted molar refractivity (Wildman–Crippen MR) is 74.8 cm³/mol. The van der Waals surface area contributed by atoms with Crippen molar-refractivity contribution in [2.75, 3.05) is 0 Å². The van der Waals surface area contributed by atoms with E-state index in [0.29, 0.717) is 17.7 Å². The van der Waals surface area contributed by atoms with Gasteiger partial charge in [-0.2, -0.15) is 0 Å². The molecule has 18 heavy (non-hydrogen) atoms. The van der Waals surface area contributed by atoms with Crippen molar-refractivity contribution in [3.05, 3.63) is 35.9 Å². The van der Waals surface area contributed by atoms with E-state index in [-0.39, 0.29) is 17.4 Å². The van der Waals surface area contributed by atoms with E-state index in [1.165, 1.54) is 0 Å². The standard InChI is InChI=1S/C15H23NO2/c1-10(2)8-13(16)12-9-11(6-7-14(12)17)18-15(3,4)5/h6-7,9,13,17H,1,8,16H2,2-5H3/t13-/m1/s1. The monoisotopic (exact) mass is 249 g/mol. The Kier molecular flexibility index (Phi) is 4.41. The summed E-state index contributed by atoms with van der Waals surface area (Å²) in [4.78, 5) is 0. The molecule has 3 nitrogen and oxygen atoms in total. The molecule has 1 aromatic rings. The molecule has 0 saturated carbocycles. The first-order chi connectivity index (χ1) is 8.19. The van der Waals surface area contributed by atoms with Gasteiger partial charge in [0.15, 0.2) is 0 Å². The van der Waals surface area contributed by atoms with Gasteiger partial charge in [-0.25, -0.2) is 0 Å². The van der Waals surface area contributed by atoms with Crippen LogP contribution >= 0.6 is 0 Å². The molecule has 0 spiro atoms. The summed E-state index contributed by atoms with van der Waals surface area (Å²) in [6.45, 7) is 11.7. The predicted octanol–water partition coefficient (Wildman–Crippen LogP) is 3.54. The normalized spacial score (nSPS) is 13.2. The highest BCUT2D eigenvalue weighted by atomic mass is 16.5. The van der Waals surface area contributed by atoms with Crippen LogP contribution in [0.15, 0.2) is 30.4 Å². The fourth-order valence-corrected chi connectivity index (χ4v) is 1.73. The lowest BCUT2D eigenvalue weighted by Gasteiger charge is -2.23. The molecule has 0 aliphatic rings. The maximum absolute atomic E-state index is 9.85. The largest absolute Gasteiger partial charge is 0.508 e. The van der Waals surface area contributed by atoms with Gasteiger partial charge in [0.25, 0.3) is 0 Å². The van der Waals surface area contributed by atoms with Crippen LogP contribution in [0.3, 0.4) is 0 Å². The third-order valence-corrected chi connectivity index (χ3v) is 2.39. The Bertz CT molecular complexity index is 433. The maximum atomic E-state index is 9.85. The Hall–Kier alpha value is -1.48. The van der Waals surface area contributed by atoms with Crippen molar-refractivity contribution in [2.24, 2.45) is 5.73 Å². The molecule has 0 saturated heterocycles. The minimum Gasteiger partial charge on any atom is -0.508 e. The van der Waals surface area contributed by atoms with Crippen LogP contribution in [-0.2, 0) is 0 Å². The van der Waals surface area contributed by atoms with E-state index in [0.717, 1.165) is 5.57 Å². The number of hydrogen-bond acceptors (Lipinski definition) is 3. The summed E-state index contributed by atoms with van der Waals surface area (Å²) in [6, 6.07) is 4.91. The van der Waals surface area contributed by atoms with Crippen LogP contribution in [0, 0.1) is 0 Å². The molecule has 1 rings (SSSR count). The zero-order valence-electron chi connectivity index (χ0n) is 11.7. The quantitative estimate of drug-likeness (QED) is 0.802. The summed E-state index contributed by atoms with van der Waals surface area (Å²) in [5, 5.41) is 9.85. The lowest BCUT2D eigenvalue weighted by molar-refractivity contribution is 0.130. The zero-order valence-corrected chi connectivity index (χ0v) is 11.7. The van der Waals surface area contributed by atoms with Gasteiger partial charge >= 0.3 is 0 Å². The van der Waals surface area contributed by atoms with Crippen LogP contribution in [0.5, 0.6) is 11.5 Å². The molecule has 0 bridgehead atoms. The van der Waals surface area contributed by atoms with Gasteiger partial charge in [0.1, 0.15) is 17.1 Å². The van der Waals surface area contributed by atoms with E-state index in [4.69, 9.17) is 10.5 Å². The molecule has 0 unspecified atom stereocenters. The summed E-state index contributed by atoms with van der Waals surface area (Å²) in [5.41, 5.74) is 7.47. The van der Waals surface area contributed by atoms with E-state index in [1.54, 1.807) is 18.2 Å². The Morgan fingerprint density at radius 3 is 2.56 bits per heavy atom. The number of phenolic OH excluding ortho intramolecular Hbond substituents is 1. The lowest BCUT2D eigenvalue weighted by Crippen LogP contribution is -2.23. The van der Waals surface area contributed by atoms with Crippen LogP contribution in [0.4, 0.5) is 0 Å². The van der Waals surface area contributed by atoms with E-state index >= 15 is 0 Å². The van der Waals surface area contributed by atoms with Crippen molar-refractivity contribution in [3.8, 4) is 11.5 Å². The van der Waals surface area contributed by atoms with E-state index in [9.17, 15) is 5.11 Å². The molecule has 0 fully saturated rings. The van der Waals surface area contributed by atoms with Gasteiger partial charge in [-0.1, -0.05) is 5.57 Å². The molecule has 1 atom stereocenters. The van der Waals surface area contributed by atoms with Crippen molar-refractivity contribution < 1.29 is 9.84 Å². The van der Waals surface area contributed by atoms with Gasteiger partial charge in [0.2, 0.25) is 0 Å². The summed E-state index contributed by atoms with van der Waals surface area (Å²) >= 11 is 0. The molecule has 0 amide bonds. The molecular formula is C15H23NO2. The molecule has 0 aliphatic heterocycles. The average Bonchev–Trinajstić information content (AvgIpc) is 2.17. The highest BCUT2D eigenvalue weighted by molar-refractivity contribution is 5.41. The van der Waals surface area contributed by atoms with Gasteiger partial charge in [-0.3, -0.25) is 0 Å². The maximum Gasteiger partial charge on any atom is 0.120 e. The summed E-state index contributed by atoms with van der Waals surface area (Å²) in [7, 11) is 0. The van der Waals surface area contributed by atoms with Crippen molar-refractivity contribution in [3.63, 3.8) is 0 Å². The summed E-state index contributed by atoms with van der Waals surface area (Å²) < 4.78 is 5.76. The number of aromatic hydroxyl groups is 1. The number of nitrogens with two attached hydrogens (primary N) is 1. The molecule has 3 N–H and O–H groups in total. The Morgan fingerprint density at radius 2 is 2.06 bits per heavy atom. The second-order valence-electron chi connectivity index (χ2n) is 5.70. The minimum atomic E-state index is -0.271. The molecule has 3 heteroatoms. The Balaban J connectivity index is 2.97. The van der Waals surface area contributed by atoms with Crippen molar-refractivity contribution in [1.29, 1.82) is 0 Å². The third kappa shape index (κ3) is 4.41. The first kappa shape index (κ1) is 14.6. The second-order valence-corrected chi connectivity index (χ2v) is 5.70. The average molecular weight is 249 g/mol. The zero-order chi connectivity index (χ0) is 13.9. The molecular weight excluding hydrogens is 226 g/mol. The SMILES string of the molecule is C=C(C)C[C@@H](N)c1cc(OC(C)(C)C)ccc1O. The number of hydrogen-bond donors (Lipinski definition) is 2. The second kappa shape index (κ2) is 5.44. The van der Waals surface area contributed by atoms with Gasteiger partial charge < -0.3 is 15.6 Å². The van der Waals surface area contributed by atoms with Gasteiger partial charge in [-0.05, 0) is 52.3 Å². The van der Waals surface area contributed by atoms with Gasteiger partial charge in [0.05, 0.1) is 0 Å². The van der Waals surface area contributed by atoms with Crippen LogP contribution in [0.2, 0.25) is 0 Å². The van der Waals surface area contributed by atoms with Gasteiger partial charge in [0, 0.05) is 11.6 Å². The fraction of sp³-hybridized carbons (Fsp3) is 0.467. The number of rotatable bonds is 4. The molecule has 0 aliphatic carbocycles. The molecule has 0 radical (unpaired) electrons. The Morgan fingerprint density at radius 1 is 1.44 bits per heavy atom. The molecule has 1 aromatic carbocycles. The Labute approximate surface area is 109 Å². The number of ether oxygens (including phenoxy) is 1. The number of benzene rings is 1. The minimum absolute atomic E-state index is 0.199. The van der Waals surface area contributed by atoms with Crippen molar-refractivity contribution >= 4 is 0 Å². The topological polar surface area (TPSA) is 55.5 Å². The summed E-state index contributed by atoms with van der Waals surface area (Å²) in [5.74, 6) is 0.914. The lowest BCUT2D eigenvalue weighted by atomic mass is 10.00. The fourth-order valence-electron chi connectivity index (χ4n) is 1.73. The molecule has 100 valence electrons. The van der Waals surface area contributed by atoms with E-state index in [1.807, 2.05) is 27.7 Å². The van der Waals surface area contributed by atoms with Gasteiger partial charge in [-0.15, -0.1) is 6.58 Å². The highest BCUT2D eigenvalue weighted by Crippen LogP contribution is 2.31. The highest BCUT2D eigenvalue weighted by Gasteiger charge is 2.16. The van der Waals surface area contributed by atoms with E-state index < -0.39 is 0 Å². The van der Waals surface area contributed by atoms with E-state index in [2.05, 4.69) is 6.58 Å². The van der Waals surface area contributed by atoms with Crippen molar-refractivity contribution in [2.45, 2.75) is 45.8 Å². The first-order valence-electron chi connectivity index (χ1n) is 6.11. The first-order valence-corrected chi connectivity index (χ1v) is 6.11. The van der Waals surface area contributed by atoms with Crippen LogP contribution < -0.4 is 10.5 Å². The third-order valence-electron chi connectivity index (χ3n) is 2.39. The molecule has 0 heterocycles.